The van der Waals surface area contributed by atoms with Gasteiger partial charge in [0.25, 0.3) is 5.91 Å². The molecule has 0 aliphatic carbocycles. The largest absolute Gasteiger partial charge is 0.335 e. The third kappa shape index (κ3) is 2.65. The van der Waals surface area contributed by atoms with Crippen molar-refractivity contribution in [2.75, 3.05) is 13.1 Å². The maximum atomic E-state index is 12.6. The van der Waals surface area contributed by atoms with Crippen molar-refractivity contribution >= 4 is 5.91 Å². The number of likely N-dealkylation sites (tertiary alicyclic amines) is 1. The topological polar surface area (TPSA) is 66.8 Å². The minimum atomic E-state index is 0.0310. The summed E-state index contributed by atoms with van der Waals surface area (Å²) in [5.74, 6) is 0.349. The van der Waals surface area contributed by atoms with Gasteiger partial charge in [-0.1, -0.05) is 13.8 Å². The number of nitrogens with one attached hydrogen (secondary N) is 1. The van der Waals surface area contributed by atoms with E-state index in [1.807, 2.05) is 17.9 Å². The lowest BCUT2D eigenvalue weighted by atomic mass is 10.1. The first-order valence-electron chi connectivity index (χ1n) is 7.83. The summed E-state index contributed by atoms with van der Waals surface area (Å²) in [6.07, 6.45) is 0.943. The molecule has 0 saturated carbocycles. The van der Waals surface area contributed by atoms with Crippen LogP contribution < -0.4 is 0 Å². The van der Waals surface area contributed by atoms with Crippen molar-refractivity contribution in [1.29, 1.82) is 0 Å². The Bertz CT molecular complexity index is 685. The number of carbonyl (C=O) groups is 1. The van der Waals surface area contributed by atoms with E-state index in [0.29, 0.717) is 18.2 Å². The monoisotopic (exact) mass is 301 g/mol. The van der Waals surface area contributed by atoms with Gasteiger partial charge < -0.3 is 4.90 Å². The Kier molecular flexibility index (Phi) is 3.76. The van der Waals surface area contributed by atoms with Gasteiger partial charge in [-0.05, 0) is 38.3 Å². The SMILES string of the molecule is Cc1cc(C)n(C2CCN(C(=O)c3cc(C(C)C)n[nH]3)C2)n1. The molecule has 0 radical (unpaired) electrons. The third-order valence-corrected chi connectivity index (χ3v) is 4.26. The molecule has 1 atom stereocenters. The molecule has 3 rings (SSSR count). The molecule has 1 aliphatic rings. The van der Waals surface area contributed by atoms with Crippen molar-refractivity contribution in [1.82, 2.24) is 24.9 Å². The lowest BCUT2D eigenvalue weighted by Gasteiger charge is -2.16. The molecule has 0 bridgehead atoms. The molecular weight excluding hydrogens is 278 g/mol. The fourth-order valence-corrected chi connectivity index (χ4v) is 3.05. The predicted molar refractivity (Wildman–Crippen MR) is 83.9 cm³/mol. The van der Waals surface area contributed by atoms with Crippen LogP contribution in [0.4, 0.5) is 0 Å². The molecular formula is C16H23N5O. The molecule has 2 aromatic rings. The van der Waals surface area contributed by atoms with Gasteiger partial charge in [-0.15, -0.1) is 0 Å². The molecule has 6 heteroatoms. The molecule has 1 aliphatic heterocycles. The van der Waals surface area contributed by atoms with Gasteiger partial charge in [0.15, 0.2) is 0 Å². The van der Waals surface area contributed by atoms with Crippen LogP contribution in [0.25, 0.3) is 0 Å². The van der Waals surface area contributed by atoms with Crippen LogP contribution in [-0.2, 0) is 0 Å². The molecule has 3 heterocycles. The Hall–Kier alpha value is -2.11. The average molecular weight is 301 g/mol. The van der Waals surface area contributed by atoms with E-state index in [9.17, 15) is 4.79 Å². The van der Waals surface area contributed by atoms with Crippen LogP contribution >= 0.6 is 0 Å². The maximum Gasteiger partial charge on any atom is 0.271 e. The van der Waals surface area contributed by atoms with Gasteiger partial charge in [-0.3, -0.25) is 14.6 Å². The number of rotatable bonds is 3. The minimum Gasteiger partial charge on any atom is -0.335 e. The summed E-state index contributed by atoms with van der Waals surface area (Å²) in [5.41, 5.74) is 3.69. The first kappa shape index (κ1) is 14.8. The molecule has 2 aromatic heterocycles. The van der Waals surface area contributed by atoms with Crippen molar-refractivity contribution in [3.8, 4) is 0 Å². The second-order valence-electron chi connectivity index (χ2n) is 6.43. The number of aromatic nitrogens is 4. The summed E-state index contributed by atoms with van der Waals surface area (Å²) in [7, 11) is 0. The highest BCUT2D eigenvalue weighted by Gasteiger charge is 2.30. The minimum absolute atomic E-state index is 0.0310. The molecule has 6 nitrogen and oxygen atoms in total. The maximum absolute atomic E-state index is 12.6. The highest BCUT2D eigenvalue weighted by atomic mass is 16.2. The third-order valence-electron chi connectivity index (χ3n) is 4.26. The van der Waals surface area contributed by atoms with Gasteiger partial charge in [-0.2, -0.15) is 10.2 Å². The Morgan fingerprint density at radius 2 is 2.14 bits per heavy atom. The van der Waals surface area contributed by atoms with Crippen LogP contribution in [0.3, 0.4) is 0 Å². The van der Waals surface area contributed by atoms with Crippen molar-refractivity contribution in [3.63, 3.8) is 0 Å². The van der Waals surface area contributed by atoms with Crippen LogP contribution in [0.15, 0.2) is 12.1 Å². The van der Waals surface area contributed by atoms with Gasteiger partial charge in [0, 0.05) is 18.8 Å². The Morgan fingerprint density at radius 3 is 2.73 bits per heavy atom. The zero-order chi connectivity index (χ0) is 15.9. The molecule has 1 saturated heterocycles. The quantitative estimate of drug-likeness (QED) is 0.947. The van der Waals surface area contributed by atoms with E-state index in [2.05, 4.69) is 46.8 Å². The Morgan fingerprint density at radius 1 is 1.36 bits per heavy atom. The number of aromatic amines is 1. The lowest BCUT2D eigenvalue weighted by Crippen LogP contribution is -2.29. The van der Waals surface area contributed by atoms with Crippen molar-refractivity contribution in [2.24, 2.45) is 0 Å². The summed E-state index contributed by atoms with van der Waals surface area (Å²) in [5, 5.41) is 11.6. The zero-order valence-electron chi connectivity index (χ0n) is 13.6. The van der Waals surface area contributed by atoms with E-state index in [1.165, 1.54) is 0 Å². The summed E-state index contributed by atoms with van der Waals surface area (Å²) >= 11 is 0. The first-order chi connectivity index (χ1) is 10.5. The number of aryl methyl sites for hydroxylation is 2. The number of hydrogen-bond acceptors (Lipinski definition) is 3. The Labute approximate surface area is 130 Å². The first-order valence-corrected chi connectivity index (χ1v) is 7.83. The molecule has 0 aromatic carbocycles. The zero-order valence-corrected chi connectivity index (χ0v) is 13.6. The number of nitrogens with zero attached hydrogens (tertiary/aromatic N) is 4. The van der Waals surface area contributed by atoms with E-state index >= 15 is 0 Å². The molecule has 1 unspecified atom stereocenters. The second kappa shape index (κ2) is 5.59. The van der Waals surface area contributed by atoms with E-state index in [4.69, 9.17) is 0 Å². The van der Waals surface area contributed by atoms with E-state index in [-0.39, 0.29) is 11.9 Å². The highest BCUT2D eigenvalue weighted by molar-refractivity contribution is 5.92. The highest BCUT2D eigenvalue weighted by Crippen LogP contribution is 2.24. The van der Waals surface area contributed by atoms with Gasteiger partial charge in [0.1, 0.15) is 5.69 Å². The fourth-order valence-electron chi connectivity index (χ4n) is 3.05. The van der Waals surface area contributed by atoms with Crippen molar-refractivity contribution in [2.45, 2.75) is 46.1 Å². The standard InChI is InChI=1S/C16H23N5O/c1-10(2)14-8-15(18-17-14)16(22)20-6-5-13(9-20)21-12(4)7-11(3)19-21/h7-8,10,13H,5-6,9H2,1-4H3,(H,17,18). The van der Waals surface area contributed by atoms with Gasteiger partial charge >= 0.3 is 0 Å². The van der Waals surface area contributed by atoms with E-state index in [0.717, 1.165) is 30.0 Å². The van der Waals surface area contributed by atoms with Gasteiger partial charge in [0.05, 0.1) is 17.4 Å². The van der Waals surface area contributed by atoms with Crippen molar-refractivity contribution in [3.05, 3.63) is 34.9 Å². The number of carbonyl (C=O) groups excluding carboxylic acids is 1. The van der Waals surface area contributed by atoms with Crippen LogP contribution in [0.1, 0.15) is 59.8 Å². The molecule has 1 N–H and O–H groups in total. The van der Waals surface area contributed by atoms with E-state index in [1.54, 1.807) is 0 Å². The number of hydrogen-bond donors (Lipinski definition) is 1. The molecule has 0 spiro atoms. The van der Waals surface area contributed by atoms with Gasteiger partial charge in [-0.25, -0.2) is 0 Å². The lowest BCUT2D eigenvalue weighted by molar-refractivity contribution is 0.0781. The summed E-state index contributed by atoms with van der Waals surface area (Å²) in [6, 6.07) is 4.21. The molecule has 1 amide bonds. The van der Waals surface area contributed by atoms with Crippen LogP contribution in [0.2, 0.25) is 0 Å². The number of amides is 1. The second-order valence-corrected chi connectivity index (χ2v) is 6.43. The summed E-state index contributed by atoms with van der Waals surface area (Å²) < 4.78 is 2.05. The van der Waals surface area contributed by atoms with E-state index < -0.39 is 0 Å². The van der Waals surface area contributed by atoms with Crippen molar-refractivity contribution < 1.29 is 4.79 Å². The summed E-state index contributed by atoms with van der Waals surface area (Å²) in [6.45, 7) is 9.67. The normalized spacial score (nSPS) is 18.4. The molecule has 22 heavy (non-hydrogen) atoms. The van der Waals surface area contributed by atoms with Crippen LogP contribution in [0.5, 0.6) is 0 Å². The average Bonchev–Trinajstić information content (AvgIpc) is 3.16. The molecule has 118 valence electrons. The Balaban J connectivity index is 1.71. The van der Waals surface area contributed by atoms with Crippen LogP contribution in [0, 0.1) is 13.8 Å². The molecule has 1 fully saturated rings. The fraction of sp³-hybridized carbons (Fsp3) is 0.562. The van der Waals surface area contributed by atoms with Crippen LogP contribution in [-0.4, -0.2) is 43.9 Å². The number of H-pyrrole nitrogens is 1. The summed E-state index contributed by atoms with van der Waals surface area (Å²) in [4.78, 5) is 14.5. The smallest absolute Gasteiger partial charge is 0.271 e. The predicted octanol–water partition coefficient (Wildman–Crippen LogP) is 2.43. The van der Waals surface area contributed by atoms with Gasteiger partial charge in [0.2, 0.25) is 0 Å².